The van der Waals surface area contributed by atoms with E-state index >= 15 is 0 Å². The fraction of sp³-hybridized carbons (Fsp3) is 0.889. The van der Waals surface area contributed by atoms with E-state index in [-0.39, 0.29) is 12.6 Å². The summed E-state index contributed by atoms with van der Waals surface area (Å²) in [4.78, 5) is 11.4. The summed E-state index contributed by atoms with van der Waals surface area (Å²) in [7, 11) is 0. The molecule has 1 aliphatic heterocycles. The van der Waals surface area contributed by atoms with Gasteiger partial charge in [0.1, 0.15) is 5.54 Å². The third-order valence-electron chi connectivity index (χ3n) is 2.19. The number of hydrogen-bond donors (Lipinski definition) is 1. The van der Waals surface area contributed by atoms with Gasteiger partial charge in [-0.1, -0.05) is 13.3 Å². The average Bonchev–Trinajstić information content (AvgIpc) is 2.54. The topological polar surface area (TPSA) is 61.5 Å². The van der Waals surface area contributed by atoms with Crippen LogP contribution in [0.25, 0.3) is 0 Å². The SMILES string of the molecule is CCCCOC(=O)[C@@]1(N)CCOC1. The molecule has 0 amide bonds. The van der Waals surface area contributed by atoms with Crippen molar-refractivity contribution in [1.82, 2.24) is 0 Å². The molecule has 0 bridgehead atoms. The molecule has 0 aromatic heterocycles. The highest BCUT2D eigenvalue weighted by molar-refractivity contribution is 5.81. The monoisotopic (exact) mass is 187 g/mol. The van der Waals surface area contributed by atoms with E-state index < -0.39 is 5.54 Å². The normalized spacial score (nSPS) is 27.5. The van der Waals surface area contributed by atoms with Crippen LogP contribution in [0.3, 0.4) is 0 Å². The van der Waals surface area contributed by atoms with E-state index in [0.717, 1.165) is 12.8 Å². The van der Waals surface area contributed by atoms with Crippen LogP contribution >= 0.6 is 0 Å². The number of esters is 1. The lowest BCUT2D eigenvalue weighted by atomic mass is 10.0. The van der Waals surface area contributed by atoms with Crippen molar-refractivity contribution in [3.63, 3.8) is 0 Å². The average molecular weight is 187 g/mol. The van der Waals surface area contributed by atoms with Crippen LogP contribution in [0.15, 0.2) is 0 Å². The quantitative estimate of drug-likeness (QED) is 0.512. The van der Waals surface area contributed by atoms with Crippen molar-refractivity contribution in [3.8, 4) is 0 Å². The van der Waals surface area contributed by atoms with Gasteiger partial charge in [0.15, 0.2) is 0 Å². The first kappa shape index (κ1) is 10.5. The number of carbonyl (C=O) groups excluding carboxylic acids is 1. The zero-order valence-electron chi connectivity index (χ0n) is 8.04. The minimum absolute atomic E-state index is 0.290. The Morgan fingerprint density at radius 3 is 3.00 bits per heavy atom. The first-order chi connectivity index (χ1) is 6.19. The van der Waals surface area contributed by atoms with Crippen molar-refractivity contribution < 1.29 is 14.3 Å². The Labute approximate surface area is 78.4 Å². The standard InChI is InChI=1S/C9H17NO3/c1-2-3-5-13-8(11)9(10)4-6-12-7-9/h2-7,10H2,1H3/t9-/m1/s1. The van der Waals surface area contributed by atoms with E-state index in [9.17, 15) is 4.79 Å². The van der Waals surface area contributed by atoms with Crippen LogP contribution in [0.5, 0.6) is 0 Å². The van der Waals surface area contributed by atoms with Crippen LogP contribution in [0.2, 0.25) is 0 Å². The van der Waals surface area contributed by atoms with Crippen molar-refractivity contribution in [2.45, 2.75) is 31.7 Å². The molecule has 0 saturated carbocycles. The van der Waals surface area contributed by atoms with Crippen LogP contribution in [-0.2, 0) is 14.3 Å². The molecule has 0 aromatic rings. The summed E-state index contributed by atoms with van der Waals surface area (Å²) in [6.07, 6.45) is 2.47. The maximum absolute atomic E-state index is 11.4. The van der Waals surface area contributed by atoms with Crippen molar-refractivity contribution in [1.29, 1.82) is 0 Å². The summed E-state index contributed by atoms with van der Waals surface area (Å²) in [6.45, 7) is 3.36. The van der Waals surface area contributed by atoms with Gasteiger partial charge in [-0.25, -0.2) is 4.79 Å². The molecule has 4 nitrogen and oxygen atoms in total. The van der Waals surface area contributed by atoms with E-state index in [2.05, 4.69) is 0 Å². The van der Waals surface area contributed by atoms with E-state index in [1.54, 1.807) is 0 Å². The Hall–Kier alpha value is -0.610. The third-order valence-corrected chi connectivity index (χ3v) is 2.19. The first-order valence-electron chi connectivity index (χ1n) is 4.73. The van der Waals surface area contributed by atoms with Crippen molar-refractivity contribution in [2.24, 2.45) is 5.73 Å². The van der Waals surface area contributed by atoms with E-state index in [0.29, 0.717) is 19.6 Å². The molecule has 76 valence electrons. The van der Waals surface area contributed by atoms with Crippen LogP contribution < -0.4 is 5.73 Å². The van der Waals surface area contributed by atoms with Gasteiger partial charge in [-0.2, -0.15) is 0 Å². The van der Waals surface area contributed by atoms with Gasteiger partial charge in [0.05, 0.1) is 13.2 Å². The molecule has 1 saturated heterocycles. The predicted molar refractivity (Wildman–Crippen MR) is 48.2 cm³/mol. The second-order valence-electron chi connectivity index (χ2n) is 3.45. The first-order valence-corrected chi connectivity index (χ1v) is 4.73. The zero-order chi connectivity index (χ0) is 9.73. The fourth-order valence-corrected chi connectivity index (χ4v) is 1.19. The van der Waals surface area contributed by atoms with Gasteiger partial charge in [-0.15, -0.1) is 0 Å². The van der Waals surface area contributed by atoms with Gasteiger partial charge in [-0.05, 0) is 6.42 Å². The lowest BCUT2D eigenvalue weighted by Gasteiger charge is -2.19. The van der Waals surface area contributed by atoms with Gasteiger partial charge < -0.3 is 15.2 Å². The largest absolute Gasteiger partial charge is 0.464 e. The molecule has 1 aliphatic rings. The Morgan fingerprint density at radius 1 is 1.69 bits per heavy atom. The maximum atomic E-state index is 11.4. The van der Waals surface area contributed by atoms with Crippen LogP contribution in [0, 0.1) is 0 Å². The lowest BCUT2D eigenvalue weighted by Crippen LogP contribution is -2.49. The Kier molecular flexibility index (Phi) is 3.69. The van der Waals surface area contributed by atoms with Crippen LogP contribution in [0.4, 0.5) is 0 Å². The molecule has 2 N–H and O–H groups in total. The fourth-order valence-electron chi connectivity index (χ4n) is 1.19. The minimum atomic E-state index is -0.881. The van der Waals surface area contributed by atoms with Gasteiger partial charge in [-0.3, -0.25) is 0 Å². The molecule has 4 heteroatoms. The third kappa shape index (κ3) is 2.67. The second kappa shape index (κ2) is 4.58. The molecular formula is C9H17NO3. The molecule has 0 radical (unpaired) electrons. The summed E-state index contributed by atoms with van der Waals surface area (Å²) in [6, 6.07) is 0. The van der Waals surface area contributed by atoms with Gasteiger partial charge in [0.25, 0.3) is 0 Å². The smallest absolute Gasteiger partial charge is 0.328 e. The maximum Gasteiger partial charge on any atom is 0.328 e. The number of nitrogens with two attached hydrogens (primary N) is 1. The Bertz CT molecular complexity index is 176. The van der Waals surface area contributed by atoms with E-state index in [1.807, 2.05) is 6.92 Å². The van der Waals surface area contributed by atoms with Crippen molar-refractivity contribution in [3.05, 3.63) is 0 Å². The summed E-state index contributed by atoms with van der Waals surface area (Å²) in [5.41, 5.74) is 4.90. The molecular weight excluding hydrogens is 170 g/mol. The van der Waals surface area contributed by atoms with Gasteiger partial charge >= 0.3 is 5.97 Å². The Morgan fingerprint density at radius 2 is 2.46 bits per heavy atom. The zero-order valence-corrected chi connectivity index (χ0v) is 8.04. The van der Waals surface area contributed by atoms with E-state index in [4.69, 9.17) is 15.2 Å². The summed E-state index contributed by atoms with van der Waals surface area (Å²) < 4.78 is 10.1. The molecule has 13 heavy (non-hydrogen) atoms. The molecule has 0 aromatic carbocycles. The highest BCUT2D eigenvalue weighted by Gasteiger charge is 2.39. The molecule has 1 fully saturated rings. The number of rotatable bonds is 4. The van der Waals surface area contributed by atoms with Gasteiger partial charge in [0, 0.05) is 13.0 Å². The molecule has 0 aliphatic carbocycles. The van der Waals surface area contributed by atoms with E-state index in [1.165, 1.54) is 0 Å². The number of hydrogen-bond acceptors (Lipinski definition) is 4. The molecule has 1 heterocycles. The number of ether oxygens (including phenoxy) is 2. The summed E-state index contributed by atoms with van der Waals surface area (Å²) in [5.74, 6) is -0.321. The molecule has 0 unspecified atom stereocenters. The highest BCUT2D eigenvalue weighted by atomic mass is 16.5. The minimum Gasteiger partial charge on any atom is -0.464 e. The van der Waals surface area contributed by atoms with Crippen molar-refractivity contribution >= 4 is 5.97 Å². The van der Waals surface area contributed by atoms with Crippen molar-refractivity contribution in [2.75, 3.05) is 19.8 Å². The molecule has 1 atom stereocenters. The van der Waals surface area contributed by atoms with Gasteiger partial charge in [0.2, 0.25) is 0 Å². The molecule has 1 rings (SSSR count). The Balaban J connectivity index is 2.29. The molecule has 0 spiro atoms. The van der Waals surface area contributed by atoms with Crippen LogP contribution in [-0.4, -0.2) is 31.3 Å². The number of carbonyl (C=O) groups is 1. The predicted octanol–water partition coefficient (Wildman–Crippen LogP) is 0.448. The van der Waals surface area contributed by atoms with Crippen LogP contribution in [0.1, 0.15) is 26.2 Å². The summed E-state index contributed by atoms with van der Waals surface area (Å²) >= 11 is 0. The summed E-state index contributed by atoms with van der Waals surface area (Å²) in [5, 5.41) is 0. The highest BCUT2D eigenvalue weighted by Crippen LogP contribution is 2.17. The number of unbranched alkanes of at least 4 members (excludes halogenated alkanes) is 1. The second-order valence-corrected chi connectivity index (χ2v) is 3.45. The lowest BCUT2D eigenvalue weighted by molar-refractivity contribution is -0.150.